The summed E-state index contributed by atoms with van der Waals surface area (Å²) >= 11 is 12.2. The molecule has 1 aliphatic heterocycles. The molecule has 1 heterocycles. The highest BCUT2D eigenvalue weighted by Crippen LogP contribution is 2.33. The Bertz CT molecular complexity index is 998. The molecule has 1 N–H and O–H groups in total. The summed E-state index contributed by atoms with van der Waals surface area (Å²) in [4.78, 5) is 4.96. The quantitative estimate of drug-likeness (QED) is 0.404. The Hall–Kier alpha value is -1.98. The number of thiocarbonyl (C=S) groups is 1. The first-order valence-corrected chi connectivity index (χ1v) is 13.6. The van der Waals surface area contributed by atoms with Crippen LogP contribution in [-0.4, -0.2) is 36.3 Å². The minimum Gasteiger partial charge on any atom is -0.495 e. The Labute approximate surface area is 215 Å². The second-order valence-corrected chi connectivity index (χ2v) is 10.6. The van der Waals surface area contributed by atoms with E-state index >= 15 is 0 Å². The highest BCUT2D eigenvalue weighted by Gasteiger charge is 2.30. The van der Waals surface area contributed by atoms with Crippen molar-refractivity contribution in [3.63, 3.8) is 0 Å². The Morgan fingerprint density at radius 3 is 2.76 bits per heavy atom. The summed E-state index contributed by atoms with van der Waals surface area (Å²) in [7, 11) is 1.66. The van der Waals surface area contributed by atoms with Gasteiger partial charge in [0.2, 0.25) is 0 Å². The first kappa shape index (κ1) is 25.1. The van der Waals surface area contributed by atoms with E-state index in [1.54, 1.807) is 7.11 Å². The zero-order chi connectivity index (χ0) is 24.1. The molecule has 2 atom stereocenters. The zero-order valence-electron chi connectivity index (χ0n) is 20.8. The van der Waals surface area contributed by atoms with Crippen molar-refractivity contribution in [3.05, 3.63) is 52.5 Å². The molecule has 1 aliphatic carbocycles. The minimum absolute atomic E-state index is 0.430. The number of benzene rings is 2. The Morgan fingerprint density at radius 2 is 2.00 bits per heavy atom. The summed E-state index contributed by atoms with van der Waals surface area (Å²) in [5.74, 6) is 1.31. The van der Waals surface area contributed by atoms with Crippen molar-refractivity contribution in [1.82, 2.24) is 4.90 Å². The van der Waals surface area contributed by atoms with Crippen LogP contribution in [0.1, 0.15) is 63.5 Å². The van der Waals surface area contributed by atoms with Crippen molar-refractivity contribution in [1.29, 1.82) is 0 Å². The summed E-state index contributed by atoms with van der Waals surface area (Å²) in [5, 5.41) is 4.88. The monoisotopic (exact) mass is 499 g/mol. The van der Waals surface area contributed by atoms with Crippen LogP contribution in [0, 0.1) is 5.92 Å². The van der Waals surface area contributed by atoms with Gasteiger partial charge in [-0.15, -0.1) is 0 Å². The minimum atomic E-state index is 0.430. The maximum atomic E-state index is 6.18. The van der Waals surface area contributed by atoms with Gasteiger partial charge in [-0.25, -0.2) is 0 Å². The molecule has 0 radical (unpaired) electrons. The molecule has 1 saturated carbocycles. The first-order valence-electron chi connectivity index (χ1n) is 12.8. The van der Waals surface area contributed by atoms with Crippen LogP contribution in [0.3, 0.4) is 0 Å². The van der Waals surface area contributed by atoms with Crippen LogP contribution in [0.2, 0.25) is 5.02 Å². The van der Waals surface area contributed by atoms with Crippen molar-refractivity contribution in [2.45, 2.75) is 71.4 Å². The fourth-order valence-electron chi connectivity index (χ4n) is 5.58. The molecule has 1 fully saturated rings. The average Bonchev–Trinajstić information content (AvgIpc) is 2.84. The molecule has 2 aromatic carbocycles. The smallest absolute Gasteiger partial charge is 0.174 e. The molecule has 2 aliphatic rings. The first-order chi connectivity index (χ1) is 16.5. The lowest BCUT2D eigenvalue weighted by molar-refractivity contribution is 0.177. The lowest BCUT2D eigenvalue weighted by atomic mass is 9.84. The second-order valence-electron chi connectivity index (χ2n) is 9.79. The SMILES string of the molecule is CCCN1CCCc2cc(CN(C(=S)Nc3ccc(Cl)cc3OC)[C@H]3CCCC[C@H]3C)ccc21. The van der Waals surface area contributed by atoms with Crippen molar-refractivity contribution in [3.8, 4) is 5.75 Å². The normalized spacial score (nSPS) is 19.9. The number of rotatable bonds is 7. The van der Waals surface area contributed by atoms with Gasteiger partial charge < -0.3 is 19.9 Å². The highest BCUT2D eigenvalue weighted by molar-refractivity contribution is 7.80. The number of fused-ring (bicyclic) bond motifs is 1. The number of halogens is 1. The third-order valence-electron chi connectivity index (χ3n) is 7.34. The van der Waals surface area contributed by atoms with Gasteiger partial charge in [0, 0.05) is 42.5 Å². The molecule has 6 heteroatoms. The van der Waals surface area contributed by atoms with Crippen LogP contribution in [-0.2, 0) is 13.0 Å². The molecular formula is C28H38ClN3OS. The summed E-state index contributed by atoms with van der Waals surface area (Å²) in [6, 6.07) is 13.1. The van der Waals surface area contributed by atoms with E-state index in [2.05, 4.69) is 47.2 Å². The standard InChI is InChI=1S/C28H38ClN3OS/c1-4-15-31-16-7-9-22-17-21(11-14-26(22)31)19-32(25-10-6-5-8-20(25)2)28(34)30-24-13-12-23(29)18-27(24)33-3/h11-14,17-18,20,25H,4-10,15-16,19H2,1-3H3,(H,30,34)/t20-,25+/m1/s1. The van der Waals surface area contributed by atoms with Crippen LogP contribution in [0.5, 0.6) is 5.75 Å². The van der Waals surface area contributed by atoms with E-state index in [9.17, 15) is 0 Å². The molecule has 0 aromatic heterocycles. The van der Waals surface area contributed by atoms with Gasteiger partial charge in [0.1, 0.15) is 5.75 Å². The molecule has 4 rings (SSSR count). The Morgan fingerprint density at radius 1 is 1.18 bits per heavy atom. The summed E-state index contributed by atoms with van der Waals surface area (Å²) in [5.41, 5.74) is 5.08. The van der Waals surface area contributed by atoms with Crippen LogP contribution in [0.4, 0.5) is 11.4 Å². The van der Waals surface area contributed by atoms with E-state index in [4.69, 9.17) is 28.6 Å². The number of nitrogens with one attached hydrogen (secondary N) is 1. The van der Waals surface area contributed by atoms with Gasteiger partial charge in [-0.1, -0.05) is 50.4 Å². The molecule has 0 bridgehead atoms. The van der Waals surface area contributed by atoms with E-state index in [-0.39, 0.29) is 0 Å². The fourth-order valence-corrected chi connectivity index (χ4v) is 6.05. The lowest BCUT2D eigenvalue weighted by Gasteiger charge is -2.40. The number of nitrogens with zero attached hydrogens (tertiary/aromatic N) is 2. The number of aryl methyl sites for hydroxylation is 1. The van der Waals surface area contributed by atoms with Crippen molar-refractivity contribution < 1.29 is 4.74 Å². The average molecular weight is 500 g/mol. The van der Waals surface area contributed by atoms with E-state index < -0.39 is 0 Å². The second kappa shape index (κ2) is 11.6. The highest BCUT2D eigenvalue weighted by atomic mass is 35.5. The van der Waals surface area contributed by atoms with E-state index in [0.29, 0.717) is 22.7 Å². The van der Waals surface area contributed by atoms with Crippen LogP contribution in [0.25, 0.3) is 0 Å². The molecule has 0 saturated heterocycles. The van der Waals surface area contributed by atoms with Gasteiger partial charge in [0.25, 0.3) is 0 Å². The van der Waals surface area contributed by atoms with Crippen molar-refractivity contribution >= 4 is 40.3 Å². The number of methoxy groups -OCH3 is 1. The number of hydrogen-bond donors (Lipinski definition) is 1. The zero-order valence-corrected chi connectivity index (χ0v) is 22.4. The van der Waals surface area contributed by atoms with Gasteiger partial charge in [0.05, 0.1) is 12.8 Å². The molecule has 34 heavy (non-hydrogen) atoms. The fraction of sp³-hybridized carbons (Fsp3) is 0.536. The maximum Gasteiger partial charge on any atom is 0.174 e. The van der Waals surface area contributed by atoms with Gasteiger partial charge in [0.15, 0.2) is 5.11 Å². The molecule has 2 aromatic rings. The van der Waals surface area contributed by atoms with Gasteiger partial charge in [-0.3, -0.25) is 0 Å². The lowest BCUT2D eigenvalue weighted by Crippen LogP contribution is -2.46. The summed E-state index contributed by atoms with van der Waals surface area (Å²) in [6.07, 6.45) is 8.57. The van der Waals surface area contributed by atoms with Crippen molar-refractivity contribution in [2.24, 2.45) is 5.92 Å². The van der Waals surface area contributed by atoms with Gasteiger partial charge >= 0.3 is 0 Å². The number of anilines is 2. The number of hydrogen-bond acceptors (Lipinski definition) is 3. The third-order valence-corrected chi connectivity index (χ3v) is 7.91. The third kappa shape index (κ3) is 5.80. The van der Waals surface area contributed by atoms with E-state index in [1.165, 1.54) is 61.9 Å². The Kier molecular flexibility index (Phi) is 8.60. The predicted molar refractivity (Wildman–Crippen MR) is 148 cm³/mol. The van der Waals surface area contributed by atoms with E-state index in [0.717, 1.165) is 30.3 Å². The maximum absolute atomic E-state index is 6.18. The molecular weight excluding hydrogens is 462 g/mol. The molecule has 0 amide bonds. The number of ether oxygens (including phenoxy) is 1. The molecule has 0 unspecified atom stereocenters. The van der Waals surface area contributed by atoms with Gasteiger partial charge in [-0.05, 0) is 79.6 Å². The van der Waals surface area contributed by atoms with Gasteiger partial charge in [-0.2, -0.15) is 0 Å². The van der Waals surface area contributed by atoms with Crippen LogP contribution >= 0.6 is 23.8 Å². The van der Waals surface area contributed by atoms with Crippen LogP contribution < -0.4 is 15.0 Å². The van der Waals surface area contributed by atoms with Crippen molar-refractivity contribution in [2.75, 3.05) is 30.4 Å². The van der Waals surface area contributed by atoms with E-state index in [1.807, 2.05) is 18.2 Å². The summed E-state index contributed by atoms with van der Waals surface area (Å²) in [6.45, 7) is 7.75. The largest absolute Gasteiger partial charge is 0.495 e. The van der Waals surface area contributed by atoms with Crippen LogP contribution in [0.15, 0.2) is 36.4 Å². The molecule has 184 valence electrons. The topological polar surface area (TPSA) is 27.7 Å². The molecule has 4 nitrogen and oxygen atoms in total. The Balaban J connectivity index is 1.59. The summed E-state index contributed by atoms with van der Waals surface area (Å²) < 4.78 is 5.55. The molecule has 0 spiro atoms. The predicted octanol–water partition coefficient (Wildman–Crippen LogP) is 7.29.